The molecule has 0 aliphatic carbocycles. The molecule has 0 radical (unpaired) electrons. The van der Waals surface area contributed by atoms with Gasteiger partial charge in [0.2, 0.25) is 0 Å². The summed E-state index contributed by atoms with van der Waals surface area (Å²) in [6, 6.07) is 1.48. The smallest absolute Gasteiger partial charge is 0.351 e. The lowest BCUT2D eigenvalue weighted by atomic mass is 10.0. The SMILES string of the molecule is CC(C)C(=O)OCC1OC(n2ccc(N)nc2=O)[C@@H](C)C1OC(=O)C(C)C. The number of nitrogens with two attached hydrogens (primary N) is 1. The summed E-state index contributed by atoms with van der Waals surface area (Å²) in [5.74, 6) is -1.64. The highest BCUT2D eigenvalue weighted by Crippen LogP contribution is 2.36. The molecule has 0 spiro atoms. The average molecular weight is 381 g/mol. The van der Waals surface area contributed by atoms with Crippen molar-refractivity contribution < 1.29 is 23.8 Å². The Kier molecular flexibility index (Phi) is 6.59. The lowest BCUT2D eigenvalue weighted by molar-refractivity contribution is -0.162. The van der Waals surface area contributed by atoms with Crippen LogP contribution in [0, 0.1) is 17.8 Å². The van der Waals surface area contributed by atoms with E-state index in [0.717, 1.165) is 0 Å². The van der Waals surface area contributed by atoms with Crippen molar-refractivity contribution in [2.45, 2.75) is 53.1 Å². The fraction of sp³-hybridized carbons (Fsp3) is 0.667. The molecule has 4 atom stereocenters. The van der Waals surface area contributed by atoms with E-state index in [4.69, 9.17) is 19.9 Å². The summed E-state index contributed by atoms with van der Waals surface area (Å²) in [7, 11) is 0. The van der Waals surface area contributed by atoms with Crippen molar-refractivity contribution in [3.8, 4) is 0 Å². The molecule has 2 N–H and O–H groups in total. The van der Waals surface area contributed by atoms with Gasteiger partial charge in [-0.1, -0.05) is 34.6 Å². The third-order valence-electron chi connectivity index (χ3n) is 4.36. The first-order chi connectivity index (χ1) is 12.6. The summed E-state index contributed by atoms with van der Waals surface area (Å²) in [4.78, 5) is 39.8. The molecule has 27 heavy (non-hydrogen) atoms. The van der Waals surface area contributed by atoms with Crippen LogP contribution in [0.25, 0.3) is 0 Å². The fourth-order valence-electron chi connectivity index (χ4n) is 2.74. The van der Waals surface area contributed by atoms with Crippen molar-refractivity contribution in [1.82, 2.24) is 9.55 Å². The van der Waals surface area contributed by atoms with Gasteiger partial charge in [0.15, 0.2) is 0 Å². The number of carbonyl (C=O) groups excluding carboxylic acids is 2. The van der Waals surface area contributed by atoms with Crippen LogP contribution in [0.4, 0.5) is 5.82 Å². The molecule has 3 unspecified atom stereocenters. The maximum atomic E-state index is 12.2. The van der Waals surface area contributed by atoms with Gasteiger partial charge >= 0.3 is 17.6 Å². The predicted octanol–water partition coefficient (Wildman–Crippen LogP) is 1.13. The molecular weight excluding hydrogens is 354 g/mol. The molecule has 9 heteroatoms. The molecule has 0 saturated carbocycles. The van der Waals surface area contributed by atoms with Gasteiger partial charge in [-0.15, -0.1) is 0 Å². The van der Waals surface area contributed by atoms with Gasteiger partial charge in [0, 0.05) is 12.1 Å². The number of nitrogen functional groups attached to an aromatic ring is 1. The van der Waals surface area contributed by atoms with Crippen LogP contribution < -0.4 is 11.4 Å². The van der Waals surface area contributed by atoms with Gasteiger partial charge in [0.05, 0.1) is 11.8 Å². The summed E-state index contributed by atoms with van der Waals surface area (Å²) in [5, 5.41) is 0. The number of hydrogen-bond donors (Lipinski definition) is 1. The number of carbonyl (C=O) groups is 2. The van der Waals surface area contributed by atoms with Gasteiger partial charge in [-0.25, -0.2) is 4.79 Å². The number of nitrogens with zero attached hydrogens (tertiary/aromatic N) is 2. The van der Waals surface area contributed by atoms with Crippen LogP contribution in [0.15, 0.2) is 17.1 Å². The lowest BCUT2D eigenvalue weighted by Crippen LogP contribution is -2.36. The minimum Gasteiger partial charge on any atom is -0.463 e. The number of anilines is 1. The van der Waals surface area contributed by atoms with Crippen molar-refractivity contribution in [1.29, 1.82) is 0 Å². The summed E-state index contributed by atoms with van der Waals surface area (Å²) in [6.07, 6.45) is -0.608. The van der Waals surface area contributed by atoms with Crippen LogP contribution in [0.5, 0.6) is 0 Å². The van der Waals surface area contributed by atoms with Gasteiger partial charge in [-0.05, 0) is 6.07 Å². The van der Waals surface area contributed by atoms with E-state index in [9.17, 15) is 14.4 Å². The Hall–Kier alpha value is -2.42. The van der Waals surface area contributed by atoms with Gasteiger partial charge in [-0.3, -0.25) is 14.2 Å². The fourth-order valence-corrected chi connectivity index (χ4v) is 2.74. The van der Waals surface area contributed by atoms with Crippen molar-refractivity contribution in [2.75, 3.05) is 12.3 Å². The third-order valence-corrected chi connectivity index (χ3v) is 4.36. The number of rotatable bonds is 6. The van der Waals surface area contributed by atoms with Gasteiger partial charge in [0.25, 0.3) is 0 Å². The maximum absolute atomic E-state index is 12.2. The van der Waals surface area contributed by atoms with Crippen LogP contribution in [0.1, 0.15) is 40.8 Å². The molecule has 1 aliphatic rings. The van der Waals surface area contributed by atoms with Gasteiger partial charge in [-0.2, -0.15) is 4.98 Å². The van der Waals surface area contributed by atoms with E-state index >= 15 is 0 Å². The number of esters is 2. The monoisotopic (exact) mass is 381 g/mol. The molecule has 1 aromatic heterocycles. The highest BCUT2D eigenvalue weighted by molar-refractivity contribution is 5.72. The standard InChI is InChI=1S/C18H27N3O6/c1-9(2)16(22)25-8-12-14(27-17(23)10(3)4)11(5)15(26-12)21-7-6-13(19)20-18(21)24/h6-7,9-12,14-15H,8H2,1-5H3,(H2,19,20,24)/t11-,12?,14?,15?/m0/s1. The molecule has 2 heterocycles. The Bertz CT molecular complexity index is 745. The first-order valence-corrected chi connectivity index (χ1v) is 8.99. The molecule has 1 fully saturated rings. The quantitative estimate of drug-likeness (QED) is 0.728. The lowest BCUT2D eigenvalue weighted by Gasteiger charge is -2.22. The molecular formula is C18H27N3O6. The van der Waals surface area contributed by atoms with E-state index in [1.807, 2.05) is 0 Å². The van der Waals surface area contributed by atoms with E-state index in [1.54, 1.807) is 34.6 Å². The Morgan fingerprint density at radius 3 is 2.44 bits per heavy atom. The second-order valence-corrected chi connectivity index (χ2v) is 7.31. The molecule has 0 amide bonds. The molecule has 1 saturated heterocycles. The first-order valence-electron chi connectivity index (χ1n) is 8.99. The second-order valence-electron chi connectivity index (χ2n) is 7.31. The zero-order valence-corrected chi connectivity index (χ0v) is 16.2. The highest BCUT2D eigenvalue weighted by Gasteiger charge is 2.46. The Balaban J connectivity index is 2.24. The molecule has 1 aliphatic heterocycles. The molecule has 2 rings (SSSR count). The van der Waals surface area contributed by atoms with Crippen molar-refractivity contribution in [3.05, 3.63) is 22.7 Å². The second kappa shape index (κ2) is 8.51. The largest absolute Gasteiger partial charge is 0.463 e. The molecule has 0 aromatic carbocycles. The van der Waals surface area contributed by atoms with Gasteiger partial charge < -0.3 is 19.9 Å². The first kappa shape index (κ1) is 20.9. The number of ether oxygens (including phenoxy) is 3. The average Bonchev–Trinajstić information content (AvgIpc) is 2.88. The molecule has 1 aromatic rings. The van der Waals surface area contributed by atoms with Crippen LogP contribution in [0.3, 0.4) is 0 Å². The van der Waals surface area contributed by atoms with E-state index in [1.165, 1.54) is 16.8 Å². The van der Waals surface area contributed by atoms with Crippen LogP contribution >= 0.6 is 0 Å². The summed E-state index contributed by atoms with van der Waals surface area (Å²) < 4.78 is 18.1. The number of aromatic nitrogens is 2. The minimum atomic E-state index is -0.724. The van der Waals surface area contributed by atoms with Crippen molar-refractivity contribution in [2.24, 2.45) is 17.8 Å². The van der Waals surface area contributed by atoms with Crippen molar-refractivity contribution >= 4 is 17.8 Å². The summed E-state index contributed by atoms with van der Waals surface area (Å²) >= 11 is 0. The molecule has 150 valence electrons. The van der Waals surface area contributed by atoms with Crippen LogP contribution in [-0.2, 0) is 23.8 Å². The summed E-state index contributed by atoms with van der Waals surface area (Å²) in [6.45, 7) is 8.62. The van der Waals surface area contributed by atoms with Gasteiger partial charge in [0.1, 0.15) is 30.9 Å². The van der Waals surface area contributed by atoms with E-state index < -0.39 is 24.1 Å². The van der Waals surface area contributed by atoms with E-state index in [2.05, 4.69) is 4.98 Å². The Labute approximate surface area is 157 Å². The molecule has 0 bridgehead atoms. The summed E-state index contributed by atoms with van der Waals surface area (Å²) in [5.41, 5.74) is 4.96. The normalized spacial score (nSPS) is 25.0. The Morgan fingerprint density at radius 1 is 1.26 bits per heavy atom. The maximum Gasteiger partial charge on any atom is 0.351 e. The highest BCUT2D eigenvalue weighted by atomic mass is 16.6. The minimum absolute atomic E-state index is 0.0783. The third kappa shape index (κ3) is 4.85. The predicted molar refractivity (Wildman–Crippen MR) is 96.5 cm³/mol. The van der Waals surface area contributed by atoms with Crippen molar-refractivity contribution in [3.63, 3.8) is 0 Å². The Morgan fingerprint density at radius 2 is 1.89 bits per heavy atom. The zero-order valence-electron chi connectivity index (χ0n) is 16.2. The van der Waals surface area contributed by atoms with E-state index in [0.29, 0.717) is 0 Å². The molecule has 9 nitrogen and oxygen atoms in total. The van der Waals surface area contributed by atoms with Crippen LogP contribution in [-0.4, -0.2) is 40.3 Å². The zero-order chi connectivity index (χ0) is 20.3. The topological polar surface area (TPSA) is 123 Å². The van der Waals surface area contributed by atoms with Crippen LogP contribution in [0.2, 0.25) is 0 Å². The number of hydrogen-bond acceptors (Lipinski definition) is 8. The van der Waals surface area contributed by atoms with E-state index in [-0.39, 0.29) is 42.1 Å².